The molecule has 2 aliphatic rings. The second kappa shape index (κ2) is 8.13. The molecule has 3 nitrogen and oxygen atoms in total. The number of piperidine rings is 1. The van der Waals surface area contributed by atoms with Gasteiger partial charge in [-0.25, -0.2) is 0 Å². The third-order valence-electron chi connectivity index (χ3n) is 5.86. The summed E-state index contributed by atoms with van der Waals surface area (Å²) in [4.78, 5) is 2.48. The Kier molecular flexibility index (Phi) is 5.45. The third kappa shape index (κ3) is 4.04. The van der Waals surface area contributed by atoms with Gasteiger partial charge in [-0.3, -0.25) is 0 Å². The van der Waals surface area contributed by atoms with Crippen LogP contribution in [0.3, 0.4) is 0 Å². The van der Waals surface area contributed by atoms with Crippen LogP contribution in [0, 0.1) is 0 Å². The molecule has 0 aliphatic carbocycles. The quantitative estimate of drug-likeness (QED) is 0.782. The molecule has 2 atom stereocenters. The average molecular weight is 351 g/mol. The monoisotopic (exact) mass is 351 g/mol. The Labute approximate surface area is 156 Å². The van der Waals surface area contributed by atoms with Gasteiger partial charge in [0.05, 0.1) is 13.2 Å². The molecule has 2 unspecified atom stereocenters. The SMILES string of the molecule is CN1CCCCC1CCOc1ccc2c(c1)OCC(c1ccccc1)C2. The van der Waals surface area contributed by atoms with Gasteiger partial charge in [-0.1, -0.05) is 42.8 Å². The van der Waals surface area contributed by atoms with Crippen molar-refractivity contribution in [1.82, 2.24) is 4.90 Å². The fraction of sp³-hybridized carbons (Fsp3) is 0.478. The molecule has 3 heteroatoms. The van der Waals surface area contributed by atoms with Crippen molar-refractivity contribution in [2.24, 2.45) is 0 Å². The molecule has 1 fully saturated rings. The van der Waals surface area contributed by atoms with Gasteiger partial charge in [0.1, 0.15) is 11.5 Å². The topological polar surface area (TPSA) is 21.7 Å². The number of ether oxygens (including phenoxy) is 2. The fourth-order valence-corrected chi connectivity index (χ4v) is 4.20. The van der Waals surface area contributed by atoms with Crippen LogP contribution in [0.4, 0.5) is 0 Å². The highest BCUT2D eigenvalue weighted by Gasteiger charge is 2.22. The zero-order valence-corrected chi connectivity index (χ0v) is 15.7. The second-order valence-electron chi connectivity index (χ2n) is 7.66. The normalized spacial score (nSPS) is 23.1. The Bertz CT molecular complexity index is 715. The maximum atomic E-state index is 6.06. The molecule has 0 saturated carbocycles. The van der Waals surface area contributed by atoms with Crippen molar-refractivity contribution in [1.29, 1.82) is 0 Å². The van der Waals surface area contributed by atoms with Crippen LogP contribution in [0.25, 0.3) is 0 Å². The summed E-state index contributed by atoms with van der Waals surface area (Å²) in [5.41, 5.74) is 2.64. The van der Waals surface area contributed by atoms with Crippen molar-refractivity contribution in [3.63, 3.8) is 0 Å². The van der Waals surface area contributed by atoms with Crippen LogP contribution < -0.4 is 9.47 Å². The highest BCUT2D eigenvalue weighted by Crippen LogP contribution is 2.35. The van der Waals surface area contributed by atoms with Gasteiger partial charge in [0.15, 0.2) is 0 Å². The van der Waals surface area contributed by atoms with E-state index in [1.807, 2.05) is 0 Å². The summed E-state index contributed by atoms with van der Waals surface area (Å²) in [6, 6.07) is 17.7. The number of rotatable bonds is 5. The minimum absolute atomic E-state index is 0.442. The summed E-state index contributed by atoms with van der Waals surface area (Å²) in [7, 11) is 2.24. The lowest BCUT2D eigenvalue weighted by Gasteiger charge is -2.32. The van der Waals surface area contributed by atoms with Crippen LogP contribution in [-0.2, 0) is 6.42 Å². The summed E-state index contributed by atoms with van der Waals surface area (Å²) in [6.07, 6.45) is 6.12. The predicted molar refractivity (Wildman–Crippen MR) is 105 cm³/mol. The van der Waals surface area contributed by atoms with Crippen LogP contribution >= 0.6 is 0 Å². The van der Waals surface area contributed by atoms with E-state index < -0.39 is 0 Å². The Morgan fingerprint density at radius 3 is 2.85 bits per heavy atom. The molecule has 138 valence electrons. The molecule has 0 aromatic heterocycles. The summed E-state index contributed by atoms with van der Waals surface area (Å²) in [5, 5.41) is 0. The van der Waals surface area contributed by atoms with E-state index in [-0.39, 0.29) is 0 Å². The van der Waals surface area contributed by atoms with Crippen molar-refractivity contribution in [2.75, 3.05) is 26.8 Å². The van der Waals surface area contributed by atoms with Gasteiger partial charge in [0.2, 0.25) is 0 Å². The molecule has 0 radical (unpaired) electrons. The first-order chi connectivity index (χ1) is 12.8. The van der Waals surface area contributed by atoms with E-state index in [4.69, 9.17) is 9.47 Å². The molecule has 26 heavy (non-hydrogen) atoms. The first kappa shape index (κ1) is 17.4. The maximum absolute atomic E-state index is 6.06. The zero-order valence-electron chi connectivity index (χ0n) is 15.7. The average Bonchev–Trinajstić information content (AvgIpc) is 2.70. The van der Waals surface area contributed by atoms with Gasteiger partial charge >= 0.3 is 0 Å². The Balaban J connectivity index is 1.33. The maximum Gasteiger partial charge on any atom is 0.126 e. The van der Waals surface area contributed by atoms with Crippen LogP contribution in [0.15, 0.2) is 48.5 Å². The smallest absolute Gasteiger partial charge is 0.126 e. The van der Waals surface area contributed by atoms with Crippen LogP contribution in [0.2, 0.25) is 0 Å². The molecule has 2 aromatic rings. The van der Waals surface area contributed by atoms with Gasteiger partial charge in [-0.15, -0.1) is 0 Å². The summed E-state index contributed by atoms with van der Waals surface area (Å²) < 4.78 is 12.1. The van der Waals surface area contributed by atoms with Crippen LogP contribution in [0.5, 0.6) is 11.5 Å². The molecular formula is C23H29NO2. The second-order valence-corrected chi connectivity index (χ2v) is 7.66. The van der Waals surface area contributed by atoms with E-state index in [0.717, 1.165) is 37.6 Å². The minimum atomic E-state index is 0.442. The van der Waals surface area contributed by atoms with E-state index in [1.165, 1.54) is 36.9 Å². The van der Waals surface area contributed by atoms with Gasteiger partial charge < -0.3 is 14.4 Å². The van der Waals surface area contributed by atoms with Crippen molar-refractivity contribution in [3.8, 4) is 11.5 Å². The minimum Gasteiger partial charge on any atom is -0.493 e. The van der Waals surface area contributed by atoms with Gasteiger partial charge in [0, 0.05) is 18.0 Å². The van der Waals surface area contributed by atoms with Crippen molar-refractivity contribution >= 4 is 0 Å². The lowest BCUT2D eigenvalue weighted by molar-refractivity contribution is 0.153. The molecule has 2 heterocycles. The molecule has 0 bridgehead atoms. The van der Waals surface area contributed by atoms with E-state index in [0.29, 0.717) is 12.0 Å². The van der Waals surface area contributed by atoms with E-state index in [1.54, 1.807) is 0 Å². The Morgan fingerprint density at radius 1 is 1.12 bits per heavy atom. The van der Waals surface area contributed by atoms with Crippen LogP contribution in [-0.4, -0.2) is 37.7 Å². The molecule has 0 amide bonds. The van der Waals surface area contributed by atoms with E-state index in [9.17, 15) is 0 Å². The highest BCUT2D eigenvalue weighted by atomic mass is 16.5. The van der Waals surface area contributed by atoms with Crippen molar-refractivity contribution in [3.05, 3.63) is 59.7 Å². The lowest BCUT2D eigenvalue weighted by Crippen LogP contribution is -2.37. The van der Waals surface area contributed by atoms with Crippen LogP contribution in [0.1, 0.15) is 42.7 Å². The summed E-state index contributed by atoms with van der Waals surface area (Å²) >= 11 is 0. The summed E-state index contributed by atoms with van der Waals surface area (Å²) in [5.74, 6) is 2.36. The number of hydrogen-bond donors (Lipinski definition) is 0. The van der Waals surface area contributed by atoms with Gasteiger partial charge in [-0.2, -0.15) is 0 Å². The predicted octanol–water partition coefficient (Wildman–Crippen LogP) is 4.66. The van der Waals surface area contributed by atoms with Gasteiger partial charge in [-0.05, 0) is 56.5 Å². The van der Waals surface area contributed by atoms with E-state index in [2.05, 4.69) is 60.5 Å². The molecule has 0 N–H and O–H groups in total. The third-order valence-corrected chi connectivity index (χ3v) is 5.86. The fourth-order valence-electron chi connectivity index (χ4n) is 4.20. The summed E-state index contributed by atoms with van der Waals surface area (Å²) in [6.45, 7) is 2.74. The first-order valence-electron chi connectivity index (χ1n) is 9.93. The standard InChI is InChI=1S/C23H29NO2/c1-24-13-6-5-9-21(24)12-14-25-22-11-10-19-15-20(17-26-23(19)16-22)18-7-3-2-4-8-18/h2-4,7-8,10-11,16,20-21H,5-6,9,12-15,17H2,1H3. The molecular weight excluding hydrogens is 322 g/mol. The molecule has 2 aliphatic heterocycles. The number of hydrogen-bond acceptors (Lipinski definition) is 3. The van der Waals surface area contributed by atoms with Crippen molar-refractivity contribution in [2.45, 2.75) is 44.1 Å². The molecule has 4 rings (SSSR count). The number of nitrogens with zero attached hydrogens (tertiary/aromatic N) is 1. The highest BCUT2D eigenvalue weighted by molar-refractivity contribution is 5.43. The number of likely N-dealkylation sites (tertiary alicyclic amines) is 1. The zero-order chi connectivity index (χ0) is 17.8. The van der Waals surface area contributed by atoms with Gasteiger partial charge in [0.25, 0.3) is 0 Å². The Hall–Kier alpha value is -2.00. The lowest BCUT2D eigenvalue weighted by atomic mass is 9.90. The molecule has 0 spiro atoms. The largest absolute Gasteiger partial charge is 0.493 e. The number of fused-ring (bicyclic) bond motifs is 1. The number of benzene rings is 2. The first-order valence-corrected chi connectivity index (χ1v) is 9.93. The Morgan fingerprint density at radius 2 is 2.00 bits per heavy atom. The van der Waals surface area contributed by atoms with E-state index >= 15 is 0 Å². The van der Waals surface area contributed by atoms with Crippen molar-refractivity contribution < 1.29 is 9.47 Å². The molecule has 1 saturated heterocycles. The molecule has 2 aromatic carbocycles.